The minimum absolute atomic E-state index is 0.268. The molecule has 0 N–H and O–H groups in total. The molecule has 0 saturated heterocycles. The topological polar surface area (TPSA) is 30.0 Å². The highest BCUT2D eigenvalue weighted by molar-refractivity contribution is 7.80. The summed E-state index contributed by atoms with van der Waals surface area (Å²) < 4.78 is 0. The van der Waals surface area contributed by atoms with E-state index >= 15 is 0 Å². The molecule has 23 heavy (non-hydrogen) atoms. The Kier molecular flexibility index (Phi) is 5.09. The van der Waals surface area contributed by atoms with E-state index < -0.39 is 0 Å². The lowest BCUT2D eigenvalue weighted by Crippen LogP contribution is -2.04. The van der Waals surface area contributed by atoms with E-state index in [9.17, 15) is 4.79 Å². The highest BCUT2D eigenvalue weighted by atomic mass is 32.1. The number of para-hydroxylation sites is 1. The first-order valence-corrected chi connectivity index (χ1v) is 8.29. The molecule has 0 aliphatic rings. The summed E-state index contributed by atoms with van der Waals surface area (Å²) in [5.74, 6) is 0.268. The summed E-state index contributed by atoms with van der Waals surface area (Å²) >= 11 is 4.41. The zero-order chi connectivity index (χ0) is 16.1. The quantitative estimate of drug-likeness (QED) is 0.669. The van der Waals surface area contributed by atoms with Gasteiger partial charge in [-0.2, -0.15) is 0 Å². The lowest BCUT2D eigenvalue weighted by molar-refractivity contribution is -0.118. The van der Waals surface area contributed by atoms with Crippen molar-refractivity contribution in [3.8, 4) is 0 Å². The second-order valence-electron chi connectivity index (χ2n) is 5.75. The number of carbonyl (C=O) groups excluding carboxylic acids is 1. The summed E-state index contributed by atoms with van der Waals surface area (Å²) in [6, 6.07) is 18.2. The molecule has 3 rings (SSSR count). The summed E-state index contributed by atoms with van der Waals surface area (Å²) in [5.41, 5.74) is 3.14. The van der Waals surface area contributed by atoms with E-state index in [0.717, 1.165) is 34.2 Å². The minimum atomic E-state index is 0.268. The molecular weight excluding hydrogens is 302 g/mol. The SMILES string of the molecule is O=C(CCCc1ccccc1)Cc1cnc2c(S)cccc2c1. The molecule has 2 nitrogen and oxygen atoms in total. The van der Waals surface area contributed by atoms with E-state index in [1.54, 1.807) is 6.20 Å². The summed E-state index contributed by atoms with van der Waals surface area (Å²) in [7, 11) is 0. The molecule has 2 aromatic carbocycles. The van der Waals surface area contributed by atoms with Crippen molar-refractivity contribution in [2.45, 2.75) is 30.6 Å². The molecule has 0 fully saturated rings. The van der Waals surface area contributed by atoms with Gasteiger partial charge in [0.05, 0.1) is 5.52 Å². The summed E-state index contributed by atoms with van der Waals surface area (Å²) in [5, 5.41) is 1.03. The number of hydrogen-bond acceptors (Lipinski definition) is 3. The second-order valence-corrected chi connectivity index (χ2v) is 6.23. The first-order chi connectivity index (χ1) is 11.2. The minimum Gasteiger partial charge on any atom is -0.299 e. The molecular formula is C20H19NOS. The van der Waals surface area contributed by atoms with Gasteiger partial charge in [0.2, 0.25) is 0 Å². The van der Waals surface area contributed by atoms with Gasteiger partial charge in [0.15, 0.2) is 0 Å². The summed E-state index contributed by atoms with van der Waals surface area (Å²) in [6.45, 7) is 0. The Hall–Kier alpha value is -2.13. The highest BCUT2D eigenvalue weighted by Gasteiger charge is 2.06. The van der Waals surface area contributed by atoms with E-state index in [-0.39, 0.29) is 5.78 Å². The highest BCUT2D eigenvalue weighted by Crippen LogP contribution is 2.20. The fourth-order valence-electron chi connectivity index (χ4n) is 2.74. The predicted molar refractivity (Wildman–Crippen MR) is 97.1 cm³/mol. The largest absolute Gasteiger partial charge is 0.299 e. The molecule has 0 aliphatic carbocycles. The number of thiol groups is 1. The van der Waals surface area contributed by atoms with Crippen molar-refractivity contribution >= 4 is 29.3 Å². The van der Waals surface area contributed by atoms with Gasteiger partial charge in [0.1, 0.15) is 5.78 Å². The maximum atomic E-state index is 12.2. The third kappa shape index (κ3) is 4.20. The van der Waals surface area contributed by atoms with Gasteiger partial charge in [0, 0.05) is 29.3 Å². The number of carbonyl (C=O) groups is 1. The van der Waals surface area contributed by atoms with Crippen LogP contribution in [0.5, 0.6) is 0 Å². The van der Waals surface area contributed by atoms with E-state index in [1.165, 1.54) is 5.56 Å². The van der Waals surface area contributed by atoms with Gasteiger partial charge in [-0.05, 0) is 36.1 Å². The number of fused-ring (bicyclic) bond motifs is 1. The number of rotatable bonds is 6. The average Bonchev–Trinajstić information content (AvgIpc) is 2.56. The van der Waals surface area contributed by atoms with Crippen LogP contribution in [0.4, 0.5) is 0 Å². The molecule has 0 radical (unpaired) electrons. The van der Waals surface area contributed by atoms with Crippen LogP contribution in [0.25, 0.3) is 10.9 Å². The van der Waals surface area contributed by atoms with Crippen LogP contribution >= 0.6 is 12.6 Å². The van der Waals surface area contributed by atoms with Gasteiger partial charge in [-0.1, -0.05) is 42.5 Å². The predicted octanol–water partition coefficient (Wildman–Crippen LogP) is 4.66. The Balaban J connectivity index is 1.57. The molecule has 0 spiro atoms. The Bertz CT molecular complexity index is 814. The molecule has 116 valence electrons. The van der Waals surface area contributed by atoms with E-state index in [2.05, 4.69) is 29.7 Å². The monoisotopic (exact) mass is 321 g/mol. The molecule has 1 aromatic heterocycles. The fraction of sp³-hybridized carbons (Fsp3) is 0.200. The second kappa shape index (κ2) is 7.42. The van der Waals surface area contributed by atoms with E-state index in [1.807, 2.05) is 42.5 Å². The van der Waals surface area contributed by atoms with Gasteiger partial charge < -0.3 is 0 Å². The normalized spacial score (nSPS) is 10.8. The number of Topliss-reactive ketones (excluding diaryl/α,β-unsaturated/α-hetero) is 1. The summed E-state index contributed by atoms with van der Waals surface area (Å²) in [6.07, 6.45) is 4.70. The molecule has 0 unspecified atom stereocenters. The fourth-order valence-corrected chi connectivity index (χ4v) is 3.01. The number of hydrogen-bond donors (Lipinski definition) is 1. The van der Waals surface area contributed by atoms with Crippen molar-refractivity contribution in [1.29, 1.82) is 0 Å². The Morgan fingerprint density at radius 3 is 2.65 bits per heavy atom. The molecule has 3 aromatic rings. The van der Waals surface area contributed by atoms with Crippen LogP contribution in [0.15, 0.2) is 65.7 Å². The van der Waals surface area contributed by atoms with Crippen LogP contribution < -0.4 is 0 Å². The standard InChI is InChI=1S/C20H19NOS/c22-18(10-4-8-15-6-2-1-3-7-15)13-16-12-17-9-5-11-19(23)20(17)21-14-16/h1-3,5-7,9,11-12,14,23H,4,8,10,13H2. The Morgan fingerprint density at radius 1 is 1.00 bits per heavy atom. The van der Waals surface area contributed by atoms with Crippen LogP contribution in [0.2, 0.25) is 0 Å². The molecule has 0 aliphatic heterocycles. The van der Waals surface area contributed by atoms with Crippen molar-refractivity contribution in [2.24, 2.45) is 0 Å². The molecule has 0 saturated carbocycles. The van der Waals surface area contributed by atoms with Gasteiger partial charge in [-0.25, -0.2) is 0 Å². The average molecular weight is 321 g/mol. The van der Waals surface area contributed by atoms with Crippen LogP contribution in [-0.4, -0.2) is 10.8 Å². The number of aromatic nitrogens is 1. The third-order valence-corrected chi connectivity index (χ3v) is 4.27. The Morgan fingerprint density at radius 2 is 1.83 bits per heavy atom. The van der Waals surface area contributed by atoms with Gasteiger partial charge >= 0.3 is 0 Å². The van der Waals surface area contributed by atoms with Gasteiger partial charge in [0.25, 0.3) is 0 Å². The molecule has 1 heterocycles. The lowest BCUT2D eigenvalue weighted by atomic mass is 10.0. The smallest absolute Gasteiger partial charge is 0.137 e. The maximum Gasteiger partial charge on any atom is 0.137 e. The maximum absolute atomic E-state index is 12.2. The number of benzene rings is 2. The van der Waals surface area contributed by atoms with Crippen molar-refractivity contribution in [2.75, 3.05) is 0 Å². The van der Waals surface area contributed by atoms with Crippen LogP contribution in [0.3, 0.4) is 0 Å². The number of nitrogens with zero attached hydrogens (tertiary/aromatic N) is 1. The van der Waals surface area contributed by atoms with Crippen molar-refractivity contribution in [3.05, 3.63) is 71.9 Å². The molecule has 3 heteroatoms. The molecule has 0 bridgehead atoms. The molecule has 0 amide bonds. The first kappa shape index (κ1) is 15.8. The zero-order valence-electron chi connectivity index (χ0n) is 12.9. The van der Waals surface area contributed by atoms with Crippen molar-refractivity contribution in [3.63, 3.8) is 0 Å². The summed E-state index contributed by atoms with van der Waals surface area (Å²) in [4.78, 5) is 17.5. The number of pyridine rings is 1. The van der Waals surface area contributed by atoms with Crippen LogP contribution in [0.1, 0.15) is 24.0 Å². The van der Waals surface area contributed by atoms with E-state index in [4.69, 9.17) is 0 Å². The number of ketones is 1. The van der Waals surface area contributed by atoms with Crippen LogP contribution in [0, 0.1) is 0 Å². The Labute approximate surface area is 142 Å². The van der Waals surface area contributed by atoms with Crippen LogP contribution in [-0.2, 0) is 17.6 Å². The van der Waals surface area contributed by atoms with Gasteiger partial charge in [-0.3, -0.25) is 9.78 Å². The number of aryl methyl sites for hydroxylation is 1. The van der Waals surface area contributed by atoms with Crippen molar-refractivity contribution < 1.29 is 4.79 Å². The lowest BCUT2D eigenvalue weighted by Gasteiger charge is -2.05. The zero-order valence-corrected chi connectivity index (χ0v) is 13.8. The first-order valence-electron chi connectivity index (χ1n) is 7.84. The third-order valence-electron chi connectivity index (χ3n) is 3.91. The van der Waals surface area contributed by atoms with E-state index in [0.29, 0.717) is 12.8 Å². The van der Waals surface area contributed by atoms with Gasteiger partial charge in [-0.15, -0.1) is 12.6 Å². The van der Waals surface area contributed by atoms with Crippen molar-refractivity contribution in [1.82, 2.24) is 4.98 Å². The molecule has 0 atom stereocenters.